The van der Waals surface area contributed by atoms with Crippen LogP contribution in [0.15, 0.2) is 22.7 Å². The summed E-state index contributed by atoms with van der Waals surface area (Å²) in [6, 6.07) is 3.60. The van der Waals surface area contributed by atoms with Crippen LogP contribution in [-0.4, -0.2) is 20.2 Å². The van der Waals surface area contributed by atoms with Crippen molar-refractivity contribution in [2.75, 3.05) is 5.32 Å². The second-order valence-corrected chi connectivity index (χ2v) is 4.69. The maximum atomic E-state index is 12.6. The number of aromatic nitrogens is 4. The molecule has 0 atom stereocenters. The van der Waals surface area contributed by atoms with E-state index in [9.17, 15) is 13.2 Å². The first-order valence-electron chi connectivity index (χ1n) is 5.19. The van der Waals surface area contributed by atoms with Gasteiger partial charge in [-0.25, -0.2) is 0 Å². The largest absolute Gasteiger partial charge is 0.416 e. The highest BCUT2D eigenvalue weighted by molar-refractivity contribution is 9.10. The fraction of sp³-hybridized carbons (Fsp3) is 0.300. The zero-order valence-corrected chi connectivity index (χ0v) is 11.3. The van der Waals surface area contributed by atoms with Gasteiger partial charge in [-0.2, -0.15) is 18.0 Å². The standard InChI is InChI=1S/C10H9BrF3N5/c1-19-17-9(16-18-19)5-15-8-3-6(10(12,13)14)2-7(11)4-8/h2-4,15H,5H2,1H3. The molecule has 1 aromatic carbocycles. The van der Waals surface area contributed by atoms with E-state index in [1.165, 1.54) is 4.80 Å². The highest BCUT2D eigenvalue weighted by Gasteiger charge is 2.31. The van der Waals surface area contributed by atoms with Crippen LogP contribution in [0.5, 0.6) is 0 Å². The summed E-state index contributed by atoms with van der Waals surface area (Å²) in [7, 11) is 1.61. The SMILES string of the molecule is Cn1nnc(CNc2cc(Br)cc(C(F)(F)F)c2)n1. The molecule has 0 fully saturated rings. The molecule has 0 aliphatic heterocycles. The maximum absolute atomic E-state index is 12.6. The van der Waals surface area contributed by atoms with E-state index >= 15 is 0 Å². The molecule has 0 spiro atoms. The summed E-state index contributed by atoms with van der Waals surface area (Å²) >= 11 is 3.05. The van der Waals surface area contributed by atoms with Crippen LogP contribution in [0.2, 0.25) is 0 Å². The van der Waals surface area contributed by atoms with Crippen LogP contribution in [0.3, 0.4) is 0 Å². The van der Waals surface area contributed by atoms with Crippen LogP contribution in [0.4, 0.5) is 18.9 Å². The first-order chi connectivity index (χ1) is 8.84. The fourth-order valence-corrected chi connectivity index (χ4v) is 1.92. The summed E-state index contributed by atoms with van der Waals surface area (Å²) < 4.78 is 38.2. The molecule has 19 heavy (non-hydrogen) atoms. The zero-order chi connectivity index (χ0) is 14.0. The van der Waals surface area contributed by atoms with E-state index in [2.05, 4.69) is 36.7 Å². The third kappa shape index (κ3) is 3.66. The minimum atomic E-state index is -4.38. The third-order valence-electron chi connectivity index (χ3n) is 2.23. The summed E-state index contributed by atoms with van der Waals surface area (Å²) in [6.07, 6.45) is -4.38. The molecule has 0 bridgehead atoms. The molecule has 1 N–H and O–H groups in total. The second kappa shape index (κ2) is 5.16. The third-order valence-corrected chi connectivity index (χ3v) is 2.68. The lowest BCUT2D eigenvalue weighted by Gasteiger charge is -2.10. The van der Waals surface area contributed by atoms with Gasteiger partial charge in [0.2, 0.25) is 0 Å². The lowest BCUT2D eigenvalue weighted by molar-refractivity contribution is -0.137. The number of hydrogen-bond donors (Lipinski definition) is 1. The Morgan fingerprint density at radius 2 is 2.05 bits per heavy atom. The van der Waals surface area contributed by atoms with Crippen molar-refractivity contribution in [3.05, 3.63) is 34.1 Å². The first-order valence-corrected chi connectivity index (χ1v) is 5.98. The van der Waals surface area contributed by atoms with Gasteiger partial charge in [0, 0.05) is 10.2 Å². The number of tetrazole rings is 1. The van der Waals surface area contributed by atoms with Crippen LogP contribution in [0.1, 0.15) is 11.4 Å². The second-order valence-electron chi connectivity index (χ2n) is 3.78. The highest BCUT2D eigenvalue weighted by Crippen LogP contribution is 2.33. The Hall–Kier alpha value is -1.64. The number of nitrogens with one attached hydrogen (secondary N) is 1. The van der Waals surface area contributed by atoms with Gasteiger partial charge in [0.15, 0.2) is 5.82 Å². The molecule has 0 saturated carbocycles. The minimum absolute atomic E-state index is 0.196. The van der Waals surface area contributed by atoms with Crippen molar-refractivity contribution in [2.45, 2.75) is 12.7 Å². The molecule has 0 saturated heterocycles. The van der Waals surface area contributed by atoms with E-state index in [1.54, 1.807) is 13.1 Å². The molecular formula is C10H9BrF3N5. The Bertz CT molecular complexity index is 581. The van der Waals surface area contributed by atoms with Gasteiger partial charge in [-0.05, 0) is 23.4 Å². The quantitative estimate of drug-likeness (QED) is 0.936. The van der Waals surface area contributed by atoms with Crippen molar-refractivity contribution >= 4 is 21.6 Å². The van der Waals surface area contributed by atoms with Gasteiger partial charge in [0.05, 0.1) is 19.2 Å². The van der Waals surface area contributed by atoms with E-state index < -0.39 is 11.7 Å². The van der Waals surface area contributed by atoms with Crippen molar-refractivity contribution in [3.8, 4) is 0 Å². The normalized spacial score (nSPS) is 11.6. The maximum Gasteiger partial charge on any atom is 0.416 e. The van der Waals surface area contributed by atoms with Gasteiger partial charge >= 0.3 is 6.18 Å². The minimum Gasteiger partial charge on any atom is -0.378 e. The number of nitrogens with zero attached hydrogens (tertiary/aromatic N) is 4. The molecule has 5 nitrogen and oxygen atoms in total. The van der Waals surface area contributed by atoms with Crippen LogP contribution >= 0.6 is 15.9 Å². The van der Waals surface area contributed by atoms with E-state index in [-0.39, 0.29) is 6.54 Å². The molecule has 1 heterocycles. The smallest absolute Gasteiger partial charge is 0.378 e. The van der Waals surface area contributed by atoms with E-state index in [0.29, 0.717) is 16.0 Å². The van der Waals surface area contributed by atoms with Crippen molar-refractivity contribution < 1.29 is 13.2 Å². The fourth-order valence-electron chi connectivity index (χ4n) is 1.43. The van der Waals surface area contributed by atoms with Gasteiger partial charge in [0.1, 0.15) is 0 Å². The van der Waals surface area contributed by atoms with Crippen molar-refractivity contribution in [1.29, 1.82) is 0 Å². The molecule has 0 aliphatic carbocycles. The summed E-state index contributed by atoms with van der Waals surface area (Å²) in [6.45, 7) is 0.196. The average Bonchev–Trinajstić information content (AvgIpc) is 2.71. The number of halogens is 4. The number of benzene rings is 1. The van der Waals surface area contributed by atoms with Gasteiger partial charge in [-0.1, -0.05) is 15.9 Å². The number of aryl methyl sites for hydroxylation is 1. The van der Waals surface area contributed by atoms with Crippen LogP contribution < -0.4 is 5.32 Å². The number of hydrogen-bond acceptors (Lipinski definition) is 4. The Morgan fingerprint density at radius 3 is 2.63 bits per heavy atom. The Balaban J connectivity index is 2.14. The van der Waals surface area contributed by atoms with E-state index in [1.807, 2.05) is 0 Å². The molecule has 0 aliphatic rings. The predicted molar refractivity (Wildman–Crippen MR) is 65.3 cm³/mol. The molecule has 0 amide bonds. The Labute approximate surface area is 114 Å². The molecule has 9 heteroatoms. The van der Waals surface area contributed by atoms with Crippen LogP contribution in [-0.2, 0) is 19.8 Å². The summed E-state index contributed by atoms with van der Waals surface area (Å²) in [5, 5.41) is 14.1. The van der Waals surface area contributed by atoms with Crippen LogP contribution in [0.25, 0.3) is 0 Å². The monoisotopic (exact) mass is 335 g/mol. The summed E-state index contributed by atoms with van der Waals surface area (Å²) in [5.41, 5.74) is -0.398. The summed E-state index contributed by atoms with van der Waals surface area (Å²) in [5.74, 6) is 0.399. The molecule has 0 radical (unpaired) electrons. The van der Waals surface area contributed by atoms with Crippen molar-refractivity contribution in [3.63, 3.8) is 0 Å². The van der Waals surface area contributed by atoms with E-state index in [4.69, 9.17) is 0 Å². The van der Waals surface area contributed by atoms with Crippen molar-refractivity contribution in [2.24, 2.45) is 7.05 Å². The molecule has 1 aromatic heterocycles. The Morgan fingerprint density at radius 1 is 1.32 bits per heavy atom. The van der Waals surface area contributed by atoms with Gasteiger partial charge in [0.25, 0.3) is 0 Å². The highest BCUT2D eigenvalue weighted by atomic mass is 79.9. The van der Waals surface area contributed by atoms with E-state index in [0.717, 1.165) is 12.1 Å². The lowest BCUT2D eigenvalue weighted by atomic mass is 10.2. The lowest BCUT2D eigenvalue weighted by Crippen LogP contribution is -2.07. The number of anilines is 1. The average molecular weight is 336 g/mol. The molecular weight excluding hydrogens is 327 g/mol. The van der Waals surface area contributed by atoms with Crippen LogP contribution in [0, 0.1) is 0 Å². The van der Waals surface area contributed by atoms with Gasteiger partial charge in [-0.3, -0.25) is 0 Å². The predicted octanol–water partition coefficient (Wildman–Crippen LogP) is 2.60. The zero-order valence-electron chi connectivity index (χ0n) is 9.74. The van der Waals surface area contributed by atoms with Crippen molar-refractivity contribution in [1.82, 2.24) is 20.2 Å². The molecule has 0 unspecified atom stereocenters. The summed E-state index contributed by atoms with van der Waals surface area (Å²) in [4.78, 5) is 1.28. The molecule has 2 rings (SSSR count). The number of alkyl halides is 3. The van der Waals surface area contributed by atoms with Gasteiger partial charge in [-0.15, -0.1) is 10.2 Å². The Kier molecular flexibility index (Phi) is 3.74. The topological polar surface area (TPSA) is 55.6 Å². The molecule has 2 aromatic rings. The van der Waals surface area contributed by atoms with Gasteiger partial charge < -0.3 is 5.32 Å². The number of rotatable bonds is 3. The molecule has 102 valence electrons. The first kappa shape index (κ1) is 13.8.